The zero-order chi connectivity index (χ0) is 21.7. The molecule has 1 aliphatic rings. The Balaban J connectivity index is 1.60. The van der Waals surface area contributed by atoms with Gasteiger partial charge in [-0.25, -0.2) is 4.98 Å². The highest BCUT2D eigenvalue weighted by atomic mass is 79.9. The van der Waals surface area contributed by atoms with E-state index >= 15 is 0 Å². The molecule has 8 heteroatoms. The molecule has 5 rings (SSSR count). The molecule has 7 nitrogen and oxygen atoms in total. The Bertz CT molecular complexity index is 1360. The maximum absolute atomic E-state index is 13.1. The lowest BCUT2D eigenvalue weighted by atomic mass is 10.1. The first-order chi connectivity index (χ1) is 15.0. The van der Waals surface area contributed by atoms with Gasteiger partial charge in [0.25, 0.3) is 11.8 Å². The van der Waals surface area contributed by atoms with Crippen LogP contribution in [-0.4, -0.2) is 36.5 Å². The van der Waals surface area contributed by atoms with Crippen LogP contribution in [0.1, 0.15) is 31.8 Å². The van der Waals surface area contributed by atoms with E-state index in [1.807, 2.05) is 36.4 Å². The molecule has 1 aliphatic heterocycles. The topological polar surface area (TPSA) is 95.7 Å². The van der Waals surface area contributed by atoms with Crippen molar-refractivity contribution in [3.63, 3.8) is 0 Å². The molecule has 0 saturated carbocycles. The molecule has 0 radical (unpaired) electrons. The van der Waals surface area contributed by atoms with Crippen LogP contribution in [-0.2, 0) is 13.1 Å². The van der Waals surface area contributed by atoms with Gasteiger partial charge >= 0.3 is 0 Å². The Kier molecular flexibility index (Phi) is 4.51. The maximum atomic E-state index is 13.1. The second kappa shape index (κ2) is 7.24. The van der Waals surface area contributed by atoms with Gasteiger partial charge in [0.1, 0.15) is 22.2 Å². The molecule has 3 aromatic carbocycles. The van der Waals surface area contributed by atoms with Crippen LogP contribution in [0.15, 0.2) is 65.4 Å². The molecule has 0 spiro atoms. The van der Waals surface area contributed by atoms with E-state index in [0.717, 1.165) is 20.5 Å². The number of carbonyl (C=O) groups is 2. The number of nitrogens with zero attached hydrogens (tertiary/aromatic N) is 3. The van der Waals surface area contributed by atoms with Gasteiger partial charge in [0.2, 0.25) is 0 Å². The highest BCUT2D eigenvalue weighted by Gasteiger charge is 2.42. The van der Waals surface area contributed by atoms with Crippen molar-refractivity contribution in [3.8, 4) is 11.5 Å². The van der Waals surface area contributed by atoms with Crippen LogP contribution >= 0.6 is 15.9 Å². The first kappa shape index (κ1) is 19.3. The average Bonchev–Trinajstić information content (AvgIpc) is 3.28. The fraction of sp³-hybridized carbons (Fsp3) is 0.0870. The van der Waals surface area contributed by atoms with Crippen LogP contribution in [0.3, 0.4) is 0 Å². The van der Waals surface area contributed by atoms with E-state index in [1.54, 1.807) is 22.8 Å². The summed E-state index contributed by atoms with van der Waals surface area (Å²) >= 11 is 3.37. The van der Waals surface area contributed by atoms with Gasteiger partial charge in [-0.2, -0.15) is 0 Å². The molecule has 154 valence electrons. The number of phenols is 2. The summed E-state index contributed by atoms with van der Waals surface area (Å²) in [5.74, 6) is -2.06. The minimum Gasteiger partial charge on any atom is -0.505 e. The van der Waals surface area contributed by atoms with Crippen LogP contribution < -0.4 is 0 Å². The summed E-state index contributed by atoms with van der Waals surface area (Å²) in [6.07, 6.45) is 1.47. The minimum atomic E-state index is -0.660. The van der Waals surface area contributed by atoms with E-state index < -0.39 is 17.6 Å². The summed E-state index contributed by atoms with van der Waals surface area (Å²) < 4.78 is 2.46. The molecular weight excluding hydrogens is 462 g/mol. The van der Waals surface area contributed by atoms with E-state index in [1.165, 1.54) is 6.33 Å². The van der Waals surface area contributed by atoms with Crippen molar-refractivity contribution in [2.75, 3.05) is 0 Å². The lowest BCUT2D eigenvalue weighted by Crippen LogP contribution is -2.29. The molecule has 0 saturated heterocycles. The third kappa shape index (κ3) is 3.07. The van der Waals surface area contributed by atoms with Gasteiger partial charge in [0.15, 0.2) is 11.5 Å². The molecule has 31 heavy (non-hydrogen) atoms. The highest BCUT2D eigenvalue weighted by Crippen LogP contribution is 2.43. The molecule has 2 N–H and O–H groups in total. The molecule has 0 atom stereocenters. The third-order valence-electron chi connectivity index (χ3n) is 5.35. The summed E-state index contributed by atoms with van der Waals surface area (Å²) in [5, 5.41) is 21.8. The van der Waals surface area contributed by atoms with Crippen LogP contribution in [0.5, 0.6) is 11.5 Å². The number of fused-ring (bicyclic) bond motifs is 2. The van der Waals surface area contributed by atoms with Gasteiger partial charge in [0, 0.05) is 11.0 Å². The molecular formula is C23H16BrN3O4. The average molecular weight is 478 g/mol. The normalized spacial score (nSPS) is 13.3. The SMILES string of the molecule is O=C1c2c(c(O)c3c(ncn3Cc3ccccc3)c2O)C(=O)N1Cc1cccc(Br)c1. The Morgan fingerprint density at radius 1 is 0.839 bits per heavy atom. The van der Waals surface area contributed by atoms with Crippen molar-refractivity contribution in [2.45, 2.75) is 13.1 Å². The first-order valence-corrected chi connectivity index (χ1v) is 10.3. The Morgan fingerprint density at radius 3 is 2.23 bits per heavy atom. The second-order valence-electron chi connectivity index (χ2n) is 7.33. The highest BCUT2D eigenvalue weighted by molar-refractivity contribution is 9.10. The summed E-state index contributed by atoms with van der Waals surface area (Å²) in [4.78, 5) is 31.3. The molecule has 2 amide bonds. The zero-order valence-corrected chi connectivity index (χ0v) is 17.7. The fourth-order valence-corrected chi connectivity index (χ4v) is 4.36. The van der Waals surface area contributed by atoms with Gasteiger partial charge in [-0.15, -0.1) is 0 Å². The van der Waals surface area contributed by atoms with Crippen LogP contribution in [0.4, 0.5) is 0 Å². The number of carbonyl (C=O) groups excluding carboxylic acids is 2. The minimum absolute atomic E-state index is 0.0202. The van der Waals surface area contributed by atoms with E-state index in [9.17, 15) is 19.8 Å². The summed E-state index contributed by atoms with van der Waals surface area (Å²) in [7, 11) is 0. The van der Waals surface area contributed by atoms with Crippen LogP contribution in [0.2, 0.25) is 0 Å². The monoisotopic (exact) mass is 477 g/mol. The van der Waals surface area contributed by atoms with Crippen LogP contribution in [0.25, 0.3) is 11.0 Å². The maximum Gasteiger partial charge on any atom is 0.265 e. The van der Waals surface area contributed by atoms with E-state index in [2.05, 4.69) is 20.9 Å². The van der Waals surface area contributed by atoms with E-state index in [4.69, 9.17) is 0 Å². The molecule has 0 fully saturated rings. The second-order valence-corrected chi connectivity index (χ2v) is 8.24. The van der Waals surface area contributed by atoms with E-state index in [-0.39, 0.29) is 34.5 Å². The first-order valence-electron chi connectivity index (χ1n) is 9.53. The lowest BCUT2D eigenvalue weighted by Gasteiger charge is -2.14. The van der Waals surface area contributed by atoms with Crippen molar-refractivity contribution in [1.29, 1.82) is 0 Å². The molecule has 0 unspecified atom stereocenters. The van der Waals surface area contributed by atoms with Gasteiger partial charge in [-0.05, 0) is 23.3 Å². The Labute approximate surface area is 185 Å². The number of imidazole rings is 1. The predicted octanol–water partition coefficient (Wildman–Crippen LogP) is 4.05. The van der Waals surface area contributed by atoms with Crippen molar-refractivity contribution in [1.82, 2.24) is 14.5 Å². The molecule has 4 aromatic rings. The number of halogens is 1. The van der Waals surface area contributed by atoms with Gasteiger partial charge in [0.05, 0.1) is 12.9 Å². The van der Waals surface area contributed by atoms with Gasteiger partial charge in [-0.3, -0.25) is 14.5 Å². The number of benzene rings is 3. The molecule has 2 heterocycles. The van der Waals surface area contributed by atoms with Crippen LogP contribution in [0, 0.1) is 0 Å². The number of aromatic nitrogens is 2. The Morgan fingerprint density at radius 2 is 1.52 bits per heavy atom. The van der Waals surface area contributed by atoms with Crippen molar-refractivity contribution in [2.24, 2.45) is 0 Å². The number of rotatable bonds is 4. The largest absolute Gasteiger partial charge is 0.505 e. The predicted molar refractivity (Wildman–Crippen MR) is 117 cm³/mol. The summed E-state index contributed by atoms with van der Waals surface area (Å²) in [6.45, 7) is 0.402. The number of imide groups is 1. The van der Waals surface area contributed by atoms with E-state index in [0.29, 0.717) is 6.54 Å². The lowest BCUT2D eigenvalue weighted by molar-refractivity contribution is 0.0641. The quantitative estimate of drug-likeness (QED) is 0.341. The fourth-order valence-electron chi connectivity index (χ4n) is 3.92. The number of aromatic hydroxyl groups is 2. The zero-order valence-electron chi connectivity index (χ0n) is 16.1. The van der Waals surface area contributed by atoms with Crippen molar-refractivity contribution in [3.05, 3.63) is 87.7 Å². The molecule has 0 aliphatic carbocycles. The van der Waals surface area contributed by atoms with Crippen molar-refractivity contribution < 1.29 is 19.8 Å². The smallest absolute Gasteiger partial charge is 0.265 e. The standard InChI is InChI=1S/C23H16BrN3O4/c24-15-8-4-7-14(9-15)11-27-22(30)16-17(23(27)31)21(29)19-18(20(16)28)25-12-26(19)10-13-5-2-1-3-6-13/h1-9,12,28-29H,10-11H2. The summed E-state index contributed by atoms with van der Waals surface area (Å²) in [6, 6.07) is 16.8. The number of amides is 2. The molecule has 0 bridgehead atoms. The molecule has 1 aromatic heterocycles. The van der Waals surface area contributed by atoms with Gasteiger partial charge in [-0.1, -0.05) is 58.4 Å². The number of hydrogen-bond acceptors (Lipinski definition) is 5. The van der Waals surface area contributed by atoms with Crippen molar-refractivity contribution >= 4 is 38.8 Å². The Hall–Kier alpha value is -3.65. The summed E-state index contributed by atoms with van der Waals surface area (Å²) in [5.41, 5.74) is 1.58. The third-order valence-corrected chi connectivity index (χ3v) is 5.85. The number of hydrogen-bond donors (Lipinski definition) is 2. The van der Waals surface area contributed by atoms with Gasteiger partial charge < -0.3 is 14.8 Å². The number of phenolic OH excluding ortho intramolecular Hbond substituents is 2.